The minimum atomic E-state index is -3.56. The van der Waals surface area contributed by atoms with Crippen LogP contribution in [0.5, 0.6) is 0 Å². The summed E-state index contributed by atoms with van der Waals surface area (Å²) in [5.74, 6) is 1.15. The number of thioether (sulfide) groups is 1. The number of nitrogens with zero attached hydrogens (tertiary/aromatic N) is 2. The van der Waals surface area contributed by atoms with E-state index in [4.69, 9.17) is 0 Å². The van der Waals surface area contributed by atoms with E-state index in [1.807, 2.05) is 18.6 Å². The smallest absolute Gasteiger partial charge is 0.260 e. The van der Waals surface area contributed by atoms with Crippen molar-refractivity contribution in [2.45, 2.75) is 11.9 Å². The molecule has 0 atom stereocenters. The molecular formula is C10H16N4O2S3. The summed E-state index contributed by atoms with van der Waals surface area (Å²) < 4.78 is 28.9. The van der Waals surface area contributed by atoms with Gasteiger partial charge in [-0.05, 0) is 13.2 Å². The highest BCUT2D eigenvalue weighted by atomic mass is 32.2. The lowest BCUT2D eigenvalue weighted by Gasteiger charge is -2.07. The van der Waals surface area contributed by atoms with E-state index in [0.717, 1.165) is 5.75 Å². The molecule has 6 nitrogen and oxygen atoms in total. The van der Waals surface area contributed by atoms with Gasteiger partial charge in [0.1, 0.15) is 0 Å². The lowest BCUT2D eigenvalue weighted by atomic mass is 10.6. The van der Waals surface area contributed by atoms with Gasteiger partial charge in [0.2, 0.25) is 0 Å². The van der Waals surface area contributed by atoms with Crippen LogP contribution in [0.25, 0.3) is 4.96 Å². The Bertz CT molecular complexity index is 647. The van der Waals surface area contributed by atoms with Crippen LogP contribution in [0.3, 0.4) is 0 Å². The number of rotatable bonds is 7. The topological polar surface area (TPSA) is 75.5 Å². The van der Waals surface area contributed by atoms with Crippen molar-refractivity contribution in [3.05, 3.63) is 11.6 Å². The molecule has 0 radical (unpaired) electrons. The van der Waals surface area contributed by atoms with Crippen LogP contribution in [0, 0.1) is 0 Å². The summed E-state index contributed by atoms with van der Waals surface area (Å²) in [5, 5.41) is 5.00. The summed E-state index contributed by atoms with van der Waals surface area (Å²) in [6, 6.07) is 0. The van der Waals surface area contributed by atoms with Gasteiger partial charge in [0.25, 0.3) is 10.0 Å². The monoisotopic (exact) mass is 320 g/mol. The Labute approximate surface area is 120 Å². The molecule has 0 amide bonds. The number of imidazole rings is 1. The summed E-state index contributed by atoms with van der Waals surface area (Å²) >= 11 is 3.00. The van der Waals surface area contributed by atoms with Gasteiger partial charge in [-0.2, -0.15) is 11.8 Å². The van der Waals surface area contributed by atoms with Gasteiger partial charge in [0, 0.05) is 30.4 Å². The first-order chi connectivity index (χ1) is 9.10. The Morgan fingerprint density at radius 3 is 3.00 bits per heavy atom. The van der Waals surface area contributed by atoms with Crippen molar-refractivity contribution in [3.8, 4) is 0 Å². The molecule has 2 aromatic rings. The Hall–Kier alpha value is -0.770. The Morgan fingerprint density at radius 1 is 1.53 bits per heavy atom. The first-order valence-corrected chi connectivity index (χ1v) is 9.54. The fourth-order valence-electron chi connectivity index (χ4n) is 1.65. The predicted molar refractivity (Wildman–Crippen MR) is 80.8 cm³/mol. The third-order valence-electron chi connectivity index (χ3n) is 2.42. The van der Waals surface area contributed by atoms with E-state index in [2.05, 4.69) is 15.0 Å². The molecule has 2 aromatic heterocycles. The van der Waals surface area contributed by atoms with Gasteiger partial charge in [-0.1, -0.05) is 0 Å². The fraction of sp³-hybridized carbons (Fsp3) is 0.500. The lowest BCUT2D eigenvalue weighted by molar-refractivity contribution is 0.580. The average molecular weight is 320 g/mol. The molecule has 2 heterocycles. The highest BCUT2D eigenvalue weighted by Crippen LogP contribution is 2.25. The zero-order valence-corrected chi connectivity index (χ0v) is 13.2. The molecule has 0 bridgehead atoms. The van der Waals surface area contributed by atoms with Crippen LogP contribution < -0.4 is 10.0 Å². The number of nitrogens with one attached hydrogen (secondary N) is 2. The highest BCUT2D eigenvalue weighted by Gasteiger charge is 2.25. The van der Waals surface area contributed by atoms with Crippen molar-refractivity contribution in [1.82, 2.24) is 14.1 Å². The van der Waals surface area contributed by atoms with Gasteiger partial charge in [-0.15, -0.1) is 11.3 Å². The zero-order valence-electron chi connectivity index (χ0n) is 10.7. The predicted octanol–water partition coefficient (Wildman–Crippen LogP) is 1.47. The van der Waals surface area contributed by atoms with E-state index in [1.54, 1.807) is 22.4 Å². The summed E-state index contributed by atoms with van der Waals surface area (Å²) in [7, 11) is -3.56. The van der Waals surface area contributed by atoms with Gasteiger partial charge in [-0.25, -0.2) is 18.1 Å². The van der Waals surface area contributed by atoms with Crippen LogP contribution in [0.1, 0.15) is 6.92 Å². The van der Waals surface area contributed by atoms with E-state index in [0.29, 0.717) is 23.9 Å². The Kier molecular flexibility index (Phi) is 4.71. The normalized spacial score (nSPS) is 12.1. The Balaban J connectivity index is 2.40. The van der Waals surface area contributed by atoms with Crippen LogP contribution in [0.4, 0.5) is 5.82 Å². The quantitative estimate of drug-likeness (QED) is 0.756. The average Bonchev–Trinajstić information content (AvgIpc) is 2.89. The van der Waals surface area contributed by atoms with Gasteiger partial charge in [0.05, 0.1) is 0 Å². The van der Waals surface area contributed by atoms with Crippen molar-refractivity contribution < 1.29 is 8.42 Å². The summed E-state index contributed by atoms with van der Waals surface area (Å²) in [6.45, 7) is 2.94. The van der Waals surface area contributed by atoms with Gasteiger partial charge in [-0.3, -0.25) is 4.40 Å². The second-order valence-corrected chi connectivity index (χ2v) is 7.28. The number of hydrogen-bond donors (Lipinski definition) is 2. The minimum Gasteiger partial charge on any atom is -0.368 e. The fourth-order valence-corrected chi connectivity index (χ4v) is 4.14. The van der Waals surface area contributed by atoms with Gasteiger partial charge < -0.3 is 5.32 Å². The SMILES string of the molecule is CCNc1nc2sccn2c1S(=O)(=O)NCCSC. The molecule has 0 aromatic carbocycles. The van der Waals surface area contributed by atoms with E-state index in [-0.39, 0.29) is 5.03 Å². The van der Waals surface area contributed by atoms with E-state index in [9.17, 15) is 8.42 Å². The largest absolute Gasteiger partial charge is 0.368 e. The second-order valence-electron chi connectivity index (χ2n) is 3.74. The highest BCUT2D eigenvalue weighted by molar-refractivity contribution is 7.98. The molecule has 0 aliphatic heterocycles. The molecule has 2 rings (SSSR count). The molecule has 106 valence electrons. The molecule has 2 N–H and O–H groups in total. The van der Waals surface area contributed by atoms with Crippen molar-refractivity contribution >= 4 is 43.9 Å². The standard InChI is InChI=1S/C10H16N4O2S3/c1-3-11-8-9(14-5-7-18-10(14)13-8)19(15,16)12-4-6-17-2/h5,7,11-12H,3-4,6H2,1-2H3. The maximum Gasteiger partial charge on any atom is 0.260 e. The van der Waals surface area contributed by atoms with Gasteiger partial charge in [0.15, 0.2) is 15.8 Å². The first kappa shape index (κ1) is 14.6. The number of hydrogen-bond acceptors (Lipinski definition) is 6. The molecular weight excluding hydrogens is 304 g/mol. The van der Waals surface area contributed by atoms with Crippen molar-refractivity contribution in [1.29, 1.82) is 0 Å². The van der Waals surface area contributed by atoms with Crippen LogP contribution >= 0.6 is 23.1 Å². The second kappa shape index (κ2) is 6.12. The van der Waals surface area contributed by atoms with Crippen LogP contribution in [-0.2, 0) is 10.0 Å². The van der Waals surface area contributed by atoms with Crippen molar-refractivity contribution in [2.24, 2.45) is 0 Å². The number of aromatic nitrogens is 2. The maximum atomic E-state index is 12.4. The van der Waals surface area contributed by atoms with Crippen molar-refractivity contribution in [3.63, 3.8) is 0 Å². The van der Waals surface area contributed by atoms with E-state index < -0.39 is 10.0 Å². The molecule has 0 aliphatic carbocycles. The third kappa shape index (κ3) is 3.04. The molecule has 0 saturated heterocycles. The molecule has 0 unspecified atom stereocenters. The molecule has 0 fully saturated rings. The number of sulfonamides is 1. The number of anilines is 1. The zero-order chi connectivity index (χ0) is 13.9. The molecule has 9 heteroatoms. The van der Waals surface area contributed by atoms with Crippen LogP contribution in [0.15, 0.2) is 16.6 Å². The third-order valence-corrected chi connectivity index (χ3v) is 5.27. The summed E-state index contributed by atoms with van der Waals surface area (Å²) in [4.78, 5) is 4.97. The maximum absolute atomic E-state index is 12.4. The van der Waals surface area contributed by atoms with Gasteiger partial charge >= 0.3 is 0 Å². The van der Waals surface area contributed by atoms with Crippen LogP contribution in [-0.4, -0.2) is 42.9 Å². The molecule has 0 spiro atoms. The molecule has 0 aliphatic rings. The lowest BCUT2D eigenvalue weighted by Crippen LogP contribution is -2.27. The van der Waals surface area contributed by atoms with E-state index >= 15 is 0 Å². The van der Waals surface area contributed by atoms with Crippen molar-refractivity contribution in [2.75, 3.05) is 30.4 Å². The summed E-state index contributed by atoms with van der Waals surface area (Å²) in [5.41, 5.74) is 0. The Morgan fingerprint density at radius 2 is 2.32 bits per heavy atom. The first-order valence-electron chi connectivity index (χ1n) is 5.78. The molecule has 0 saturated carbocycles. The summed E-state index contributed by atoms with van der Waals surface area (Å²) in [6.07, 6.45) is 3.66. The molecule has 19 heavy (non-hydrogen) atoms. The number of fused-ring (bicyclic) bond motifs is 1. The number of thiazole rings is 1. The van der Waals surface area contributed by atoms with E-state index in [1.165, 1.54) is 11.3 Å². The van der Waals surface area contributed by atoms with Crippen LogP contribution in [0.2, 0.25) is 0 Å². The minimum absolute atomic E-state index is 0.187.